The van der Waals surface area contributed by atoms with Crippen LogP contribution in [-0.4, -0.2) is 54.1 Å². The summed E-state index contributed by atoms with van der Waals surface area (Å²) >= 11 is 0. The molecule has 7 nitrogen and oxygen atoms in total. The molecule has 1 aliphatic rings. The van der Waals surface area contributed by atoms with Crippen molar-refractivity contribution in [1.82, 2.24) is 15.5 Å². The normalized spacial score (nSPS) is 15.5. The van der Waals surface area contributed by atoms with Crippen molar-refractivity contribution in [3.63, 3.8) is 0 Å². The van der Waals surface area contributed by atoms with E-state index >= 15 is 0 Å². The standard InChI is InChI=1S/C12H21N3O4/c1-13-12(19)14-10(16)6-7-15(8-11(17)18)9-4-2-3-5-9/h9H,2-8H2,1H3,(H,17,18)(H2,13,14,16,19). The molecule has 0 spiro atoms. The third-order valence-corrected chi connectivity index (χ3v) is 3.29. The smallest absolute Gasteiger partial charge is 0.321 e. The summed E-state index contributed by atoms with van der Waals surface area (Å²) in [5.41, 5.74) is 0. The van der Waals surface area contributed by atoms with E-state index in [2.05, 4.69) is 10.6 Å². The minimum absolute atomic E-state index is 0.0576. The van der Waals surface area contributed by atoms with Gasteiger partial charge < -0.3 is 10.4 Å². The molecule has 1 fully saturated rings. The number of carboxylic acid groups (broad SMARTS) is 1. The van der Waals surface area contributed by atoms with Gasteiger partial charge in [0.15, 0.2) is 0 Å². The van der Waals surface area contributed by atoms with Crippen molar-refractivity contribution < 1.29 is 19.5 Å². The average molecular weight is 271 g/mol. The molecular formula is C12H21N3O4. The summed E-state index contributed by atoms with van der Waals surface area (Å²) in [5.74, 6) is -1.29. The van der Waals surface area contributed by atoms with Crippen LogP contribution in [-0.2, 0) is 9.59 Å². The molecule has 0 atom stereocenters. The Morgan fingerprint density at radius 2 is 1.89 bits per heavy atom. The SMILES string of the molecule is CNC(=O)NC(=O)CCN(CC(=O)O)C1CCCC1. The fourth-order valence-corrected chi connectivity index (χ4v) is 2.33. The average Bonchev–Trinajstić information content (AvgIpc) is 2.87. The molecule has 1 saturated carbocycles. The highest BCUT2D eigenvalue weighted by atomic mass is 16.4. The highest BCUT2D eigenvalue weighted by molar-refractivity contribution is 5.94. The van der Waals surface area contributed by atoms with Crippen LogP contribution < -0.4 is 10.6 Å². The Morgan fingerprint density at radius 3 is 2.42 bits per heavy atom. The molecule has 1 rings (SSSR count). The Balaban J connectivity index is 2.41. The van der Waals surface area contributed by atoms with Gasteiger partial charge in [0.1, 0.15) is 0 Å². The number of carboxylic acids is 1. The molecule has 0 unspecified atom stereocenters. The molecule has 0 bridgehead atoms. The quantitative estimate of drug-likeness (QED) is 0.639. The summed E-state index contributed by atoms with van der Waals surface area (Å²) < 4.78 is 0. The molecule has 7 heteroatoms. The number of nitrogens with zero attached hydrogens (tertiary/aromatic N) is 1. The highest BCUT2D eigenvalue weighted by Crippen LogP contribution is 2.23. The van der Waals surface area contributed by atoms with Crippen LogP contribution >= 0.6 is 0 Å². The zero-order valence-electron chi connectivity index (χ0n) is 11.1. The van der Waals surface area contributed by atoms with Crippen molar-refractivity contribution in [2.24, 2.45) is 0 Å². The fraction of sp³-hybridized carbons (Fsp3) is 0.750. The molecule has 0 aromatic heterocycles. The van der Waals surface area contributed by atoms with Crippen molar-refractivity contribution >= 4 is 17.9 Å². The van der Waals surface area contributed by atoms with Gasteiger partial charge in [0, 0.05) is 26.1 Å². The van der Waals surface area contributed by atoms with Crippen LogP contribution in [0.1, 0.15) is 32.1 Å². The second-order valence-electron chi connectivity index (χ2n) is 4.68. The Labute approximate surface area is 112 Å². The van der Waals surface area contributed by atoms with E-state index in [0.717, 1.165) is 25.7 Å². The second-order valence-corrected chi connectivity index (χ2v) is 4.68. The van der Waals surface area contributed by atoms with E-state index in [0.29, 0.717) is 6.54 Å². The maximum atomic E-state index is 11.5. The lowest BCUT2D eigenvalue weighted by Gasteiger charge is -2.26. The van der Waals surface area contributed by atoms with Gasteiger partial charge in [-0.25, -0.2) is 4.79 Å². The number of aliphatic carboxylic acids is 1. The first kappa shape index (κ1) is 15.4. The van der Waals surface area contributed by atoms with Gasteiger partial charge in [-0.05, 0) is 12.8 Å². The van der Waals surface area contributed by atoms with Crippen LogP contribution in [0.3, 0.4) is 0 Å². The van der Waals surface area contributed by atoms with E-state index in [-0.39, 0.29) is 19.0 Å². The molecule has 3 amide bonds. The van der Waals surface area contributed by atoms with Crippen molar-refractivity contribution in [3.8, 4) is 0 Å². The summed E-state index contributed by atoms with van der Waals surface area (Å²) in [5, 5.41) is 13.3. The van der Waals surface area contributed by atoms with E-state index in [1.54, 1.807) is 0 Å². The first-order valence-electron chi connectivity index (χ1n) is 6.50. The molecular weight excluding hydrogens is 250 g/mol. The van der Waals surface area contributed by atoms with Crippen molar-refractivity contribution in [3.05, 3.63) is 0 Å². The van der Waals surface area contributed by atoms with Gasteiger partial charge in [-0.2, -0.15) is 0 Å². The number of amides is 3. The van der Waals surface area contributed by atoms with E-state index in [4.69, 9.17) is 5.11 Å². The van der Waals surface area contributed by atoms with Crippen molar-refractivity contribution in [2.75, 3.05) is 20.1 Å². The Kier molecular flexibility index (Phi) is 6.27. The van der Waals surface area contributed by atoms with Gasteiger partial charge in [-0.1, -0.05) is 12.8 Å². The third-order valence-electron chi connectivity index (χ3n) is 3.29. The maximum Gasteiger partial charge on any atom is 0.321 e. The van der Waals surface area contributed by atoms with E-state index in [9.17, 15) is 14.4 Å². The van der Waals surface area contributed by atoms with Crippen LogP contribution in [0, 0.1) is 0 Å². The van der Waals surface area contributed by atoms with E-state index in [1.165, 1.54) is 7.05 Å². The first-order valence-corrected chi connectivity index (χ1v) is 6.50. The summed E-state index contributed by atoms with van der Waals surface area (Å²) in [4.78, 5) is 35.1. The lowest BCUT2D eigenvalue weighted by molar-refractivity contribution is -0.139. The molecule has 3 N–H and O–H groups in total. The topological polar surface area (TPSA) is 98.7 Å². The molecule has 1 aliphatic carbocycles. The molecule has 0 aliphatic heterocycles. The monoisotopic (exact) mass is 271 g/mol. The van der Waals surface area contributed by atoms with Crippen LogP contribution in [0.25, 0.3) is 0 Å². The highest BCUT2D eigenvalue weighted by Gasteiger charge is 2.24. The minimum Gasteiger partial charge on any atom is -0.480 e. The van der Waals surface area contributed by atoms with Gasteiger partial charge in [-0.15, -0.1) is 0 Å². The maximum absolute atomic E-state index is 11.5. The van der Waals surface area contributed by atoms with Crippen LogP contribution in [0.2, 0.25) is 0 Å². The zero-order chi connectivity index (χ0) is 14.3. The summed E-state index contributed by atoms with van der Waals surface area (Å²) in [6.07, 6.45) is 4.28. The number of hydrogen-bond acceptors (Lipinski definition) is 4. The Morgan fingerprint density at radius 1 is 1.26 bits per heavy atom. The van der Waals surface area contributed by atoms with Gasteiger partial charge in [0.05, 0.1) is 6.54 Å². The van der Waals surface area contributed by atoms with Crippen LogP contribution in [0.4, 0.5) is 4.79 Å². The Hall–Kier alpha value is -1.63. The van der Waals surface area contributed by atoms with Gasteiger partial charge in [-0.3, -0.25) is 19.8 Å². The zero-order valence-corrected chi connectivity index (χ0v) is 11.1. The number of rotatable bonds is 6. The third kappa shape index (κ3) is 5.69. The molecule has 108 valence electrons. The van der Waals surface area contributed by atoms with Gasteiger partial charge in [0.25, 0.3) is 0 Å². The Bertz CT molecular complexity index is 340. The molecule has 0 saturated heterocycles. The number of imide groups is 1. The molecule has 0 radical (unpaired) electrons. The minimum atomic E-state index is -0.890. The number of nitrogens with one attached hydrogen (secondary N) is 2. The van der Waals surface area contributed by atoms with Crippen LogP contribution in [0.5, 0.6) is 0 Å². The lowest BCUT2D eigenvalue weighted by Crippen LogP contribution is -2.42. The summed E-state index contributed by atoms with van der Waals surface area (Å²) in [6.45, 7) is 0.303. The number of urea groups is 1. The van der Waals surface area contributed by atoms with Gasteiger partial charge in [0.2, 0.25) is 5.91 Å². The molecule has 19 heavy (non-hydrogen) atoms. The largest absolute Gasteiger partial charge is 0.480 e. The second kappa shape index (κ2) is 7.73. The van der Waals surface area contributed by atoms with Gasteiger partial charge >= 0.3 is 12.0 Å². The van der Waals surface area contributed by atoms with Crippen molar-refractivity contribution in [1.29, 1.82) is 0 Å². The van der Waals surface area contributed by atoms with E-state index < -0.39 is 17.9 Å². The predicted octanol–water partition coefficient (Wildman–Crippen LogP) is 0.161. The number of carbonyl (C=O) groups is 3. The van der Waals surface area contributed by atoms with E-state index in [1.807, 2.05) is 4.90 Å². The number of carbonyl (C=O) groups excluding carboxylic acids is 2. The predicted molar refractivity (Wildman–Crippen MR) is 68.7 cm³/mol. The molecule has 0 aromatic rings. The number of hydrogen-bond donors (Lipinski definition) is 3. The van der Waals surface area contributed by atoms with Crippen LogP contribution in [0.15, 0.2) is 0 Å². The first-order chi connectivity index (χ1) is 9.02. The molecule has 0 heterocycles. The summed E-state index contributed by atoms with van der Waals surface area (Å²) in [7, 11) is 1.43. The summed E-state index contributed by atoms with van der Waals surface area (Å²) in [6, 6.07) is -0.306. The molecule has 0 aromatic carbocycles. The lowest BCUT2D eigenvalue weighted by atomic mass is 10.2. The fourth-order valence-electron chi connectivity index (χ4n) is 2.33. The van der Waals surface area contributed by atoms with Crippen molar-refractivity contribution in [2.45, 2.75) is 38.1 Å².